The van der Waals surface area contributed by atoms with Gasteiger partial charge >= 0.3 is 0 Å². The second kappa shape index (κ2) is 8.94. The molecule has 1 atom stereocenters. The van der Waals surface area contributed by atoms with E-state index < -0.39 is 5.60 Å². The molecule has 3 heteroatoms. The van der Waals surface area contributed by atoms with Crippen LogP contribution in [0.5, 0.6) is 5.75 Å². The summed E-state index contributed by atoms with van der Waals surface area (Å²) in [5.74, 6) is 0.791. The summed E-state index contributed by atoms with van der Waals surface area (Å²) >= 11 is 0. The van der Waals surface area contributed by atoms with Gasteiger partial charge in [0.25, 0.3) is 0 Å². The fourth-order valence-corrected chi connectivity index (χ4v) is 1.85. The third kappa shape index (κ3) is 5.62. The van der Waals surface area contributed by atoms with Crippen LogP contribution in [0.2, 0.25) is 0 Å². The van der Waals surface area contributed by atoms with Crippen LogP contribution in [0, 0.1) is 0 Å². The minimum atomic E-state index is -0.765. The van der Waals surface area contributed by atoms with Crippen LogP contribution in [0.15, 0.2) is 24.3 Å². The van der Waals surface area contributed by atoms with Gasteiger partial charge in [-0.05, 0) is 44.6 Å². The molecule has 0 heterocycles. The molecule has 1 rings (SSSR count). The van der Waals surface area contributed by atoms with Crippen LogP contribution < -0.4 is 4.74 Å². The first-order valence-electron chi connectivity index (χ1n) is 7.03. The van der Waals surface area contributed by atoms with Crippen molar-refractivity contribution in [2.75, 3.05) is 27.7 Å². The maximum atomic E-state index is 10.7. The summed E-state index contributed by atoms with van der Waals surface area (Å²) in [6, 6.07) is 7.69. The lowest BCUT2D eigenvalue weighted by atomic mass is 9.87. The number of rotatable bonds is 6. The lowest BCUT2D eigenvalue weighted by Gasteiger charge is -2.29. The monoisotopic (exact) mass is 267 g/mol. The molecular formula is C16H29NO2. The highest BCUT2D eigenvalue weighted by molar-refractivity contribution is 5.32. The summed E-state index contributed by atoms with van der Waals surface area (Å²) < 4.78 is 5.20. The zero-order chi connectivity index (χ0) is 14.9. The van der Waals surface area contributed by atoms with Crippen molar-refractivity contribution in [3.63, 3.8) is 0 Å². The highest BCUT2D eigenvalue weighted by atomic mass is 16.5. The Morgan fingerprint density at radius 1 is 1.26 bits per heavy atom. The summed E-state index contributed by atoms with van der Waals surface area (Å²) in [6.45, 7) is 6.87. The average molecular weight is 267 g/mol. The maximum absolute atomic E-state index is 10.7. The predicted octanol–water partition coefficient (Wildman–Crippen LogP) is 3.27. The molecule has 0 radical (unpaired) electrons. The van der Waals surface area contributed by atoms with Gasteiger partial charge in [-0.1, -0.05) is 32.9 Å². The fourth-order valence-electron chi connectivity index (χ4n) is 1.85. The molecule has 0 saturated carbocycles. The van der Waals surface area contributed by atoms with E-state index in [1.165, 1.54) is 0 Å². The minimum Gasteiger partial charge on any atom is -0.497 e. The van der Waals surface area contributed by atoms with Crippen molar-refractivity contribution in [2.24, 2.45) is 0 Å². The Balaban J connectivity index is 0.00000154. The number of aliphatic hydroxyl groups is 1. The van der Waals surface area contributed by atoms with E-state index in [2.05, 4.69) is 4.90 Å². The molecule has 1 N–H and O–H groups in total. The number of benzene rings is 1. The molecule has 1 aromatic rings. The second-order valence-corrected chi connectivity index (χ2v) is 4.67. The molecule has 0 bridgehead atoms. The first kappa shape index (κ1) is 17.9. The summed E-state index contributed by atoms with van der Waals surface area (Å²) in [5.41, 5.74) is 0.167. The van der Waals surface area contributed by atoms with E-state index in [9.17, 15) is 5.11 Å². The molecule has 0 aliphatic rings. The summed E-state index contributed by atoms with van der Waals surface area (Å²) in [7, 11) is 5.67. The van der Waals surface area contributed by atoms with Gasteiger partial charge in [-0.3, -0.25) is 0 Å². The predicted molar refractivity (Wildman–Crippen MR) is 81.7 cm³/mol. The molecule has 0 spiro atoms. The zero-order valence-corrected chi connectivity index (χ0v) is 13.2. The standard InChI is InChI=1S/C14H23NO2.C2H6/c1-5-14(16,9-10-15(2)3)12-7-6-8-13(11-12)17-4;1-2/h6-8,11,16H,5,9-10H2,1-4H3;1-2H3. The Labute approximate surface area is 118 Å². The maximum Gasteiger partial charge on any atom is 0.119 e. The van der Waals surface area contributed by atoms with Gasteiger partial charge in [0, 0.05) is 6.54 Å². The van der Waals surface area contributed by atoms with E-state index in [1.54, 1.807) is 7.11 Å². The van der Waals surface area contributed by atoms with E-state index in [0.717, 1.165) is 24.3 Å². The van der Waals surface area contributed by atoms with E-state index in [1.807, 2.05) is 59.1 Å². The van der Waals surface area contributed by atoms with Crippen LogP contribution in [-0.4, -0.2) is 37.8 Å². The molecule has 19 heavy (non-hydrogen) atoms. The van der Waals surface area contributed by atoms with E-state index in [4.69, 9.17) is 4.74 Å². The Hall–Kier alpha value is -1.06. The van der Waals surface area contributed by atoms with Gasteiger partial charge in [-0.25, -0.2) is 0 Å². The average Bonchev–Trinajstić information content (AvgIpc) is 2.47. The van der Waals surface area contributed by atoms with Crippen molar-refractivity contribution < 1.29 is 9.84 Å². The highest BCUT2D eigenvalue weighted by Gasteiger charge is 2.27. The first-order valence-corrected chi connectivity index (χ1v) is 7.03. The minimum absolute atomic E-state index is 0.702. The van der Waals surface area contributed by atoms with Crippen molar-refractivity contribution in [1.29, 1.82) is 0 Å². The molecule has 0 fully saturated rings. The molecule has 0 aliphatic carbocycles. The smallest absolute Gasteiger partial charge is 0.119 e. The second-order valence-electron chi connectivity index (χ2n) is 4.67. The first-order chi connectivity index (χ1) is 9.01. The van der Waals surface area contributed by atoms with Crippen LogP contribution in [-0.2, 0) is 5.60 Å². The summed E-state index contributed by atoms with van der Waals surface area (Å²) in [5, 5.41) is 10.7. The van der Waals surface area contributed by atoms with Crippen molar-refractivity contribution in [1.82, 2.24) is 4.90 Å². The molecule has 1 aromatic carbocycles. The van der Waals surface area contributed by atoms with E-state index in [-0.39, 0.29) is 0 Å². The van der Waals surface area contributed by atoms with Gasteiger partial charge in [-0.15, -0.1) is 0 Å². The summed E-state index contributed by atoms with van der Waals surface area (Å²) in [4.78, 5) is 2.08. The fraction of sp³-hybridized carbons (Fsp3) is 0.625. The Bertz CT molecular complexity index is 352. The molecule has 110 valence electrons. The van der Waals surface area contributed by atoms with Crippen LogP contribution >= 0.6 is 0 Å². The van der Waals surface area contributed by atoms with Gasteiger partial charge in [-0.2, -0.15) is 0 Å². The molecule has 0 aliphatic heterocycles. The highest BCUT2D eigenvalue weighted by Crippen LogP contribution is 2.30. The van der Waals surface area contributed by atoms with E-state index >= 15 is 0 Å². The van der Waals surface area contributed by atoms with Gasteiger partial charge in [0.05, 0.1) is 12.7 Å². The van der Waals surface area contributed by atoms with Gasteiger partial charge < -0.3 is 14.7 Å². The van der Waals surface area contributed by atoms with Crippen LogP contribution in [0.3, 0.4) is 0 Å². The van der Waals surface area contributed by atoms with Crippen molar-refractivity contribution >= 4 is 0 Å². The van der Waals surface area contributed by atoms with Crippen molar-refractivity contribution in [3.05, 3.63) is 29.8 Å². The van der Waals surface area contributed by atoms with Crippen molar-refractivity contribution in [2.45, 2.75) is 39.2 Å². The van der Waals surface area contributed by atoms with Gasteiger partial charge in [0.1, 0.15) is 5.75 Å². The van der Waals surface area contributed by atoms with Crippen LogP contribution in [0.4, 0.5) is 0 Å². The molecular weight excluding hydrogens is 238 g/mol. The third-order valence-electron chi connectivity index (χ3n) is 3.16. The number of ether oxygens (including phenoxy) is 1. The normalized spacial score (nSPS) is 13.5. The molecule has 1 unspecified atom stereocenters. The third-order valence-corrected chi connectivity index (χ3v) is 3.16. The van der Waals surface area contributed by atoms with Gasteiger partial charge in [0.15, 0.2) is 0 Å². The quantitative estimate of drug-likeness (QED) is 0.858. The molecule has 3 nitrogen and oxygen atoms in total. The van der Waals surface area contributed by atoms with Gasteiger partial charge in [0.2, 0.25) is 0 Å². The topological polar surface area (TPSA) is 32.7 Å². The number of hydrogen-bond donors (Lipinski definition) is 1. The Kier molecular flexibility index (Phi) is 8.44. The summed E-state index contributed by atoms with van der Waals surface area (Å²) in [6.07, 6.45) is 1.43. The largest absolute Gasteiger partial charge is 0.497 e. The zero-order valence-electron chi connectivity index (χ0n) is 13.2. The van der Waals surface area contributed by atoms with Crippen molar-refractivity contribution in [3.8, 4) is 5.75 Å². The molecule has 0 saturated heterocycles. The molecule has 0 aromatic heterocycles. The van der Waals surface area contributed by atoms with Crippen LogP contribution in [0.1, 0.15) is 39.2 Å². The van der Waals surface area contributed by atoms with E-state index in [0.29, 0.717) is 6.42 Å². The SMILES string of the molecule is CC.CCC(O)(CCN(C)C)c1cccc(OC)c1. The lowest BCUT2D eigenvalue weighted by Crippen LogP contribution is -2.29. The Morgan fingerprint density at radius 2 is 1.89 bits per heavy atom. The number of methoxy groups -OCH3 is 1. The lowest BCUT2D eigenvalue weighted by molar-refractivity contribution is 0.0169. The number of nitrogens with zero attached hydrogens (tertiary/aromatic N) is 1. The Morgan fingerprint density at radius 3 is 2.37 bits per heavy atom. The molecule has 0 amide bonds. The number of hydrogen-bond acceptors (Lipinski definition) is 3. The van der Waals surface area contributed by atoms with Crippen LogP contribution in [0.25, 0.3) is 0 Å².